The number of hydrogen-bond acceptors (Lipinski definition) is 4. The number of thiophene rings is 1. The van der Waals surface area contributed by atoms with Gasteiger partial charge in [0, 0.05) is 30.6 Å². The molecule has 3 N–H and O–H groups in total. The minimum atomic E-state index is -0.0297. The molecule has 1 aliphatic rings. The smallest absolute Gasteiger partial charge is 0.241 e. The number of carbonyl (C=O) groups is 1. The van der Waals surface area contributed by atoms with Crippen LogP contribution < -0.4 is 16.0 Å². The number of nitrogens with one attached hydrogen (secondary N) is 3. The molecule has 0 spiro atoms. The number of nitrogens with zero attached hydrogens (tertiary/aromatic N) is 2. The molecule has 2 rings (SSSR count). The van der Waals surface area contributed by atoms with E-state index < -0.39 is 0 Å². The van der Waals surface area contributed by atoms with Crippen molar-refractivity contribution in [2.45, 2.75) is 39.2 Å². The SMILES string of the molecule is CCCNC(=O)CN=C(NCC)NCC1CCCN(C)C1c1cccs1.I. The van der Waals surface area contributed by atoms with Crippen molar-refractivity contribution >= 4 is 47.2 Å². The molecule has 27 heavy (non-hydrogen) atoms. The first-order chi connectivity index (χ1) is 12.7. The van der Waals surface area contributed by atoms with E-state index in [4.69, 9.17) is 0 Å². The van der Waals surface area contributed by atoms with Gasteiger partial charge >= 0.3 is 0 Å². The lowest BCUT2D eigenvalue weighted by atomic mass is 9.88. The molecule has 1 amide bonds. The number of carbonyl (C=O) groups excluding carboxylic acids is 1. The minimum Gasteiger partial charge on any atom is -0.357 e. The minimum absolute atomic E-state index is 0. The Labute approximate surface area is 184 Å². The average molecular weight is 507 g/mol. The molecule has 2 heterocycles. The van der Waals surface area contributed by atoms with Crippen molar-refractivity contribution in [2.75, 3.05) is 39.8 Å². The van der Waals surface area contributed by atoms with Gasteiger partial charge in [-0.15, -0.1) is 35.3 Å². The third kappa shape index (κ3) is 7.95. The van der Waals surface area contributed by atoms with E-state index >= 15 is 0 Å². The van der Waals surface area contributed by atoms with Crippen molar-refractivity contribution < 1.29 is 4.79 Å². The summed E-state index contributed by atoms with van der Waals surface area (Å²) in [5.74, 6) is 1.22. The normalized spacial score (nSPS) is 20.6. The molecule has 0 radical (unpaired) electrons. The fourth-order valence-corrected chi connectivity index (χ4v) is 4.41. The van der Waals surface area contributed by atoms with Crippen LogP contribution >= 0.6 is 35.3 Å². The summed E-state index contributed by atoms with van der Waals surface area (Å²) in [6, 6.07) is 4.82. The zero-order valence-electron chi connectivity index (χ0n) is 16.7. The number of hydrogen-bond donors (Lipinski definition) is 3. The van der Waals surface area contributed by atoms with Crippen molar-refractivity contribution in [1.29, 1.82) is 0 Å². The molecular weight excluding hydrogens is 473 g/mol. The molecule has 1 aromatic heterocycles. The molecule has 2 unspecified atom stereocenters. The van der Waals surface area contributed by atoms with Crippen LogP contribution in [0.2, 0.25) is 0 Å². The zero-order valence-corrected chi connectivity index (χ0v) is 19.8. The highest BCUT2D eigenvalue weighted by molar-refractivity contribution is 14.0. The standard InChI is InChI=1S/C19H33N5OS.HI/c1-4-10-21-17(25)14-23-19(20-5-2)22-13-15-8-6-11-24(3)18(15)16-9-7-12-26-16;/h7,9,12,15,18H,4-6,8,10-11,13-14H2,1-3H3,(H,21,25)(H2,20,22,23);1H. The Balaban J connectivity index is 0.00000364. The lowest BCUT2D eigenvalue weighted by molar-refractivity contribution is -0.119. The van der Waals surface area contributed by atoms with E-state index in [2.05, 4.69) is 50.4 Å². The summed E-state index contributed by atoms with van der Waals surface area (Å²) in [5.41, 5.74) is 0. The Morgan fingerprint density at radius 3 is 2.81 bits per heavy atom. The summed E-state index contributed by atoms with van der Waals surface area (Å²) < 4.78 is 0. The summed E-state index contributed by atoms with van der Waals surface area (Å²) >= 11 is 1.83. The van der Waals surface area contributed by atoms with Crippen LogP contribution in [-0.2, 0) is 4.79 Å². The molecule has 154 valence electrons. The molecule has 8 heteroatoms. The average Bonchev–Trinajstić information content (AvgIpc) is 3.16. The Kier molecular flexibility index (Phi) is 11.9. The van der Waals surface area contributed by atoms with E-state index in [0.29, 0.717) is 18.5 Å². The quantitative estimate of drug-likeness (QED) is 0.288. The van der Waals surface area contributed by atoms with Gasteiger partial charge in [-0.1, -0.05) is 13.0 Å². The maximum atomic E-state index is 11.8. The summed E-state index contributed by atoms with van der Waals surface area (Å²) in [7, 11) is 2.22. The van der Waals surface area contributed by atoms with Crippen LogP contribution in [0, 0.1) is 5.92 Å². The molecule has 6 nitrogen and oxygen atoms in total. The van der Waals surface area contributed by atoms with Crippen molar-refractivity contribution in [3.63, 3.8) is 0 Å². The summed E-state index contributed by atoms with van der Waals surface area (Å²) in [5, 5.41) is 11.7. The van der Waals surface area contributed by atoms with Crippen molar-refractivity contribution in [3.05, 3.63) is 22.4 Å². The van der Waals surface area contributed by atoms with Gasteiger partial charge in [-0.25, -0.2) is 4.99 Å². The van der Waals surface area contributed by atoms with Crippen LogP contribution in [0.5, 0.6) is 0 Å². The molecule has 2 atom stereocenters. The van der Waals surface area contributed by atoms with Crippen LogP contribution in [0.4, 0.5) is 0 Å². The molecule has 0 saturated carbocycles. The molecular formula is C19H34IN5OS. The van der Waals surface area contributed by atoms with Crippen LogP contribution in [0.25, 0.3) is 0 Å². The van der Waals surface area contributed by atoms with Crippen molar-refractivity contribution in [2.24, 2.45) is 10.9 Å². The van der Waals surface area contributed by atoms with Crippen LogP contribution in [-0.4, -0.2) is 56.5 Å². The van der Waals surface area contributed by atoms with Gasteiger partial charge in [0.1, 0.15) is 6.54 Å². The maximum Gasteiger partial charge on any atom is 0.241 e. The van der Waals surface area contributed by atoms with E-state index in [1.54, 1.807) is 0 Å². The lowest BCUT2D eigenvalue weighted by Gasteiger charge is -2.39. The van der Waals surface area contributed by atoms with E-state index in [1.165, 1.54) is 17.7 Å². The Morgan fingerprint density at radius 1 is 1.33 bits per heavy atom. The lowest BCUT2D eigenvalue weighted by Crippen LogP contribution is -2.45. The fraction of sp³-hybridized carbons (Fsp3) is 0.684. The Bertz CT molecular complexity index is 566. The third-order valence-electron chi connectivity index (χ3n) is 4.67. The van der Waals surface area contributed by atoms with Crippen LogP contribution in [0.1, 0.15) is 44.0 Å². The van der Waals surface area contributed by atoms with Crippen LogP contribution in [0.3, 0.4) is 0 Å². The monoisotopic (exact) mass is 507 g/mol. The fourth-order valence-electron chi connectivity index (χ4n) is 3.42. The van der Waals surface area contributed by atoms with Gasteiger partial charge in [-0.05, 0) is 57.1 Å². The molecule has 0 aliphatic carbocycles. The van der Waals surface area contributed by atoms with Gasteiger partial charge in [-0.2, -0.15) is 0 Å². The predicted octanol–water partition coefficient (Wildman–Crippen LogP) is 2.83. The highest BCUT2D eigenvalue weighted by atomic mass is 127. The van der Waals surface area contributed by atoms with Gasteiger partial charge in [0.05, 0.1) is 0 Å². The second-order valence-corrected chi connectivity index (χ2v) is 7.75. The number of amides is 1. The van der Waals surface area contributed by atoms with E-state index in [-0.39, 0.29) is 36.4 Å². The highest BCUT2D eigenvalue weighted by Crippen LogP contribution is 2.36. The predicted molar refractivity (Wildman–Crippen MR) is 125 cm³/mol. The molecule has 0 bridgehead atoms. The first kappa shape index (κ1) is 24.2. The van der Waals surface area contributed by atoms with Crippen molar-refractivity contribution in [1.82, 2.24) is 20.9 Å². The maximum absolute atomic E-state index is 11.8. The van der Waals surface area contributed by atoms with Gasteiger partial charge in [0.2, 0.25) is 5.91 Å². The van der Waals surface area contributed by atoms with Gasteiger partial charge in [0.25, 0.3) is 0 Å². The largest absolute Gasteiger partial charge is 0.357 e. The topological polar surface area (TPSA) is 68.8 Å². The number of halogens is 1. The number of aliphatic imine (C=N–C) groups is 1. The highest BCUT2D eigenvalue weighted by Gasteiger charge is 2.31. The van der Waals surface area contributed by atoms with Gasteiger partial charge < -0.3 is 16.0 Å². The molecule has 1 saturated heterocycles. The Morgan fingerprint density at radius 2 is 2.15 bits per heavy atom. The second kappa shape index (κ2) is 13.3. The third-order valence-corrected chi connectivity index (χ3v) is 5.61. The van der Waals surface area contributed by atoms with Gasteiger partial charge in [0.15, 0.2) is 5.96 Å². The van der Waals surface area contributed by atoms with Crippen molar-refractivity contribution in [3.8, 4) is 0 Å². The molecule has 0 aromatic carbocycles. The van der Waals surface area contributed by atoms with Gasteiger partial charge in [-0.3, -0.25) is 9.69 Å². The van der Waals surface area contributed by atoms with E-state index in [0.717, 1.165) is 32.0 Å². The summed E-state index contributed by atoms with van der Waals surface area (Å²) in [6.07, 6.45) is 3.36. The number of likely N-dealkylation sites (tertiary alicyclic amines) is 1. The molecule has 1 aromatic rings. The molecule has 1 fully saturated rings. The number of piperidine rings is 1. The van der Waals surface area contributed by atoms with Crippen LogP contribution in [0.15, 0.2) is 22.5 Å². The summed E-state index contributed by atoms with van der Waals surface area (Å²) in [4.78, 5) is 20.1. The first-order valence-electron chi connectivity index (χ1n) is 9.68. The number of rotatable bonds is 8. The number of guanidine groups is 1. The second-order valence-electron chi connectivity index (χ2n) is 6.77. The zero-order chi connectivity index (χ0) is 18.8. The first-order valence-corrected chi connectivity index (χ1v) is 10.6. The van der Waals surface area contributed by atoms with E-state index in [9.17, 15) is 4.79 Å². The Hall–Kier alpha value is -0.870. The molecule has 1 aliphatic heterocycles. The van der Waals surface area contributed by atoms with E-state index in [1.807, 2.05) is 25.2 Å². The summed E-state index contributed by atoms with van der Waals surface area (Å²) in [6.45, 7) is 7.72.